The lowest BCUT2D eigenvalue weighted by atomic mass is 10.2. The van der Waals surface area contributed by atoms with Gasteiger partial charge in [-0.25, -0.2) is 4.79 Å². The van der Waals surface area contributed by atoms with E-state index in [0.717, 1.165) is 17.9 Å². The summed E-state index contributed by atoms with van der Waals surface area (Å²) in [5.41, 5.74) is 0.739. The fourth-order valence-electron chi connectivity index (χ4n) is 2.98. The number of nitrogens with one attached hydrogen (secondary N) is 2. The van der Waals surface area contributed by atoms with Crippen molar-refractivity contribution >= 4 is 29.4 Å². The van der Waals surface area contributed by atoms with Crippen molar-refractivity contribution in [2.75, 3.05) is 24.2 Å². The average Bonchev–Trinajstić information content (AvgIpc) is 3.17. The van der Waals surface area contributed by atoms with E-state index >= 15 is 0 Å². The van der Waals surface area contributed by atoms with Crippen molar-refractivity contribution in [1.29, 1.82) is 0 Å². The zero-order valence-corrected chi connectivity index (χ0v) is 15.4. The Kier molecular flexibility index (Phi) is 6.55. The molecule has 2 aromatic carbocycles. The zero-order valence-electron chi connectivity index (χ0n) is 14.6. The number of carbonyl (C=O) groups excluding carboxylic acids is 2. The van der Waals surface area contributed by atoms with Gasteiger partial charge in [0.25, 0.3) is 0 Å². The fraction of sp³-hybridized carbons (Fsp3) is 0.300. The topological polar surface area (TPSA) is 61.4 Å². The van der Waals surface area contributed by atoms with E-state index in [1.54, 1.807) is 16.7 Å². The Balaban J connectivity index is 1.46. The maximum absolute atomic E-state index is 12.5. The summed E-state index contributed by atoms with van der Waals surface area (Å²) < 4.78 is 0. The Morgan fingerprint density at radius 2 is 1.73 bits per heavy atom. The number of thioether (sulfide) groups is 1. The van der Waals surface area contributed by atoms with E-state index in [1.807, 2.05) is 48.5 Å². The van der Waals surface area contributed by atoms with E-state index in [9.17, 15) is 9.59 Å². The second kappa shape index (κ2) is 9.29. The van der Waals surface area contributed by atoms with Crippen LogP contribution < -0.4 is 10.6 Å². The van der Waals surface area contributed by atoms with Crippen molar-refractivity contribution in [3.63, 3.8) is 0 Å². The van der Waals surface area contributed by atoms with Gasteiger partial charge in [0.2, 0.25) is 5.91 Å². The molecule has 6 heteroatoms. The quantitative estimate of drug-likeness (QED) is 0.604. The number of nitrogens with zero attached hydrogens (tertiary/aromatic N) is 1. The molecule has 1 saturated heterocycles. The average molecular weight is 369 g/mol. The summed E-state index contributed by atoms with van der Waals surface area (Å²) in [5, 5.41) is 5.82. The summed E-state index contributed by atoms with van der Waals surface area (Å²) in [6, 6.07) is 18.8. The van der Waals surface area contributed by atoms with Crippen molar-refractivity contribution in [3.05, 3.63) is 60.7 Å². The SMILES string of the molecule is O=C(NCCSc1ccccc1)[C@H]1CCCN1C(=O)Nc1ccccc1. The van der Waals surface area contributed by atoms with Crippen LogP contribution in [-0.4, -0.2) is 41.7 Å². The van der Waals surface area contributed by atoms with Crippen molar-refractivity contribution in [1.82, 2.24) is 10.2 Å². The van der Waals surface area contributed by atoms with Gasteiger partial charge in [0, 0.05) is 29.4 Å². The Labute approximate surface area is 158 Å². The van der Waals surface area contributed by atoms with E-state index in [2.05, 4.69) is 22.8 Å². The maximum Gasteiger partial charge on any atom is 0.322 e. The first kappa shape index (κ1) is 18.3. The number of benzene rings is 2. The van der Waals surface area contributed by atoms with Crippen LogP contribution in [0.25, 0.3) is 0 Å². The van der Waals surface area contributed by atoms with E-state index in [4.69, 9.17) is 0 Å². The number of carbonyl (C=O) groups is 2. The molecular formula is C20H23N3O2S. The van der Waals surface area contributed by atoms with Crippen LogP contribution in [0, 0.1) is 0 Å². The predicted octanol–water partition coefficient (Wildman–Crippen LogP) is 3.59. The van der Waals surface area contributed by atoms with Gasteiger partial charge in [-0.15, -0.1) is 11.8 Å². The van der Waals surface area contributed by atoms with E-state index in [-0.39, 0.29) is 18.0 Å². The number of para-hydroxylation sites is 1. The molecule has 3 rings (SSSR count). The first-order valence-corrected chi connectivity index (χ1v) is 9.81. The van der Waals surface area contributed by atoms with Gasteiger partial charge in [0.1, 0.15) is 6.04 Å². The normalized spacial score (nSPS) is 16.3. The molecule has 3 amide bonds. The van der Waals surface area contributed by atoms with Crippen LogP contribution in [0.2, 0.25) is 0 Å². The van der Waals surface area contributed by atoms with Gasteiger partial charge in [0.05, 0.1) is 0 Å². The first-order valence-electron chi connectivity index (χ1n) is 8.82. The van der Waals surface area contributed by atoms with Crippen LogP contribution in [-0.2, 0) is 4.79 Å². The Bertz CT molecular complexity index is 724. The van der Waals surface area contributed by atoms with Gasteiger partial charge in [-0.05, 0) is 37.1 Å². The third kappa shape index (κ3) is 5.02. The largest absolute Gasteiger partial charge is 0.353 e. The summed E-state index contributed by atoms with van der Waals surface area (Å²) in [6.07, 6.45) is 1.55. The lowest BCUT2D eigenvalue weighted by Crippen LogP contribution is -2.47. The van der Waals surface area contributed by atoms with Crippen molar-refractivity contribution in [2.24, 2.45) is 0 Å². The van der Waals surface area contributed by atoms with E-state index < -0.39 is 0 Å². The van der Waals surface area contributed by atoms with Gasteiger partial charge < -0.3 is 15.5 Å². The number of hydrogen-bond donors (Lipinski definition) is 2. The molecule has 26 heavy (non-hydrogen) atoms. The molecule has 0 saturated carbocycles. The highest BCUT2D eigenvalue weighted by molar-refractivity contribution is 7.99. The molecule has 0 unspecified atom stereocenters. The molecular weight excluding hydrogens is 346 g/mol. The minimum atomic E-state index is -0.388. The highest BCUT2D eigenvalue weighted by Crippen LogP contribution is 2.20. The van der Waals surface area contributed by atoms with Crippen LogP contribution in [0.5, 0.6) is 0 Å². The molecule has 1 atom stereocenters. The van der Waals surface area contributed by atoms with Gasteiger partial charge >= 0.3 is 6.03 Å². The smallest absolute Gasteiger partial charge is 0.322 e. The Morgan fingerprint density at radius 1 is 1.04 bits per heavy atom. The van der Waals surface area contributed by atoms with Crippen LogP contribution in [0.15, 0.2) is 65.6 Å². The molecule has 1 fully saturated rings. The summed E-state index contributed by atoms with van der Waals surface area (Å²) >= 11 is 1.71. The molecule has 1 heterocycles. The molecule has 0 aliphatic carbocycles. The molecule has 1 aliphatic heterocycles. The highest BCUT2D eigenvalue weighted by Gasteiger charge is 2.33. The predicted molar refractivity (Wildman–Crippen MR) is 105 cm³/mol. The van der Waals surface area contributed by atoms with Gasteiger partial charge in [0.15, 0.2) is 0 Å². The lowest BCUT2D eigenvalue weighted by Gasteiger charge is -2.24. The minimum Gasteiger partial charge on any atom is -0.353 e. The summed E-state index contributed by atoms with van der Waals surface area (Å²) in [4.78, 5) is 27.8. The van der Waals surface area contributed by atoms with Gasteiger partial charge in [-0.1, -0.05) is 36.4 Å². The molecule has 0 aromatic heterocycles. The van der Waals surface area contributed by atoms with Gasteiger partial charge in [-0.2, -0.15) is 0 Å². The number of hydrogen-bond acceptors (Lipinski definition) is 3. The Hall–Kier alpha value is -2.47. The first-order chi connectivity index (χ1) is 12.7. The molecule has 2 aromatic rings. The minimum absolute atomic E-state index is 0.0700. The van der Waals surface area contributed by atoms with Crippen molar-refractivity contribution in [2.45, 2.75) is 23.8 Å². The second-order valence-corrected chi connectivity index (χ2v) is 7.27. The molecule has 5 nitrogen and oxygen atoms in total. The van der Waals surface area contributed by atoms with Crippen LogP contribution in [0.4, 0.5) is 10.5 Å². The third-order valence-corrected chi connectivity index (χ3v) is 5.27. The third-order valence-electron chi connectivity index (χ3n) is 4.25. The van der Waals surface area contributed by atoms with Crippen LogP contribution >= 0.6 is 11.8 Å². The van der Waals surface area contributed by atoms with E-state index in [0.29, 0.717) is 19.5 Å². The fourth-order valence-corrected chi connectivity index (χ4v) is 3.77. The second-order valence-electron chi connectivity index (χ2n) is 6.10. The summed E-state index contributed by atoms with van der Waals surface area (Å²) in [5.74, 6) is 0.734. The highest BCUT2D eigenvalue weighted by atomic mass is 32.2. The Morgan fingerprint density at radius 3 is 2.46 bits per heavy atom. The van der Waals surface area contributed by atoms with Crippen LogP contribution in [0.3, 0.4) is 0 Å². The number of amides is 3. The maximum atomic E-state index is 12.5. The zero-order chi connectivity index (χ0) is 18.2. The van der Waals surface area contributed by atoms with E-state index in [1.165, 1.54) is 4.90 Å². The summed E-state index contributed by atoms with van der Waals surface area (Å²) in [6.45, 7) is 1.19. The summed E-state index contributed by atoms with van der Waals surface area (Å²) in [7, 11) is 0. The van der Waals surface area contributed by atoms with Crippen molar-refractivity contribution in [3.8, 4) is 0 Å². The van der Waals surface area contributed by atoms with Crippen molar-refractivity contribution < 1.29 is 9.59 Å². The molecule has 0 radical (unpaired) electrons. The molecule has 1 aliphatic rings. The number of anilines is 1. The molecule has 0 spiro atoms. The number of likely N-dealkylation sites (tertiary alicyclic amines) is 1. The monoisotopic (exact) mass is 369 g/mol. The molecule has 0 bridgehead atoms. The number of urea groups is 1. The van der Waals surface area contributed by atoms with Crippen LogP contribution in [0.1, 0.15) is 12.8 Å². The number of rotatable bonds is 6. The molecule has 136 valence electrons. The standard InChI is InChI=1S/C20H23N3O2S/c24-19(21-13-15-26-17-10-5-2-6-11-17)18-12-7-14-23(18)20(25)22-16-8-3-1-4-9-16/h1-6,8-11,18H,7,12-15H2,(H,21,24)(H,22,25)/t18-/m1/s1. The lowest BCUT2D eigenvalue weighted by molar-refractivity contribution is -0.124. The molecule has 2 N–H and O–H groups in total. The van der Waals surface area contributed by atoms with Gasteiger partial charge in [-0.3, -0.25) is 4.79 Å².